The van der Waals surface area contributed by atoms with Crippen LogP contribution < -0.4 is 10.6 Å². The third-order valence-electron chi connectivity index (χ3n) is 5.46. The minimum Gasteiger partial charge on any atom is -0.352 e. The Morgan fingerprint density at radius 3 is 2.28 bits per heavy atom. The van der Waals surface area contributed by atoms with Gasteiger partial charge in [-0.1, -0.05) is 35.3 Å². The summed E-state index contributed by atoms with van der Waals surface area (Å²) in [5, 5.41) is 7.19. The molecule has 5 nitrogen and oxygen atoms in total. The van der Waals surface area contributed by atoms with Crippen molar-refractivity contribution >= 4 is 35.0 Å². The topological polar surface area (TPSA) is 61.4 Å². The molecule has 2 aromatic carbocycles. The Labute approximate surface area is 200 Å². The second-order valence-electron chi connectivity index (χ2n) is 9.47. The van der Waals surface area contributed by atoms with Gasteiger partial charge in [0, 0.05) is 27.7 Å². The number of benzene rings is 2. The number of amides is 2. The van der Waals surface area contributed by atoms with Gasteiger partial charge in [0.1, 0.15) is 0 Å². The lowest BCUT2D eigenvalue weighted by atomic mass is 9.96. The molecule has 0 atom stereocenters. The van der Waals surface area contributed by atoms with E-state index in [1.807, 2.05) is 51.1 Å². The molecule has 0 radical (unpaired) electrons. The Morgan fingerprint density at radius 1 is 1.00 bits per heavy atom. The number of carbonyl (C=O) groups is 2. The molecule has 1 aliphatic heterocycles. The van der Waals surface area contributed by atoms with Crippen LogP contribution in [0, 0.1) is 5.92 Å². The molecule has 7 heteroatoms. The monoisotopic (exact) mass is 475 g/mol. The second-order valence-corrected chi connectivity index (χ2v) is 10.3. The minimum absolute atomic E-state index is 0.0603. The summed E-state index contributed by atoms with van der Waals surface area (Å²) in [6.45, 7) is 8.75. The molecular weight excluding hydrogens is 445 g/mol. The van der Waals surface area contributed by atoms with Gasteiger partial charge in [-0.15, -0.1) is 0 Å². The number of nitrogens with one attached hydrogen (secondary N) is 2. The smallest absolute Gasteiger partial charge is 0.251 e. The average Bonchev–Trinajstić information content (AvgIpc) is 2.71. The molecule has 1 saturated heterocycles. The van der Waals surface area contributed by atoms with E-state index in [0.717, 1.165) is 37.1 Å². The zero-order valence-electron chi connectivity index (χ0n) is 18.9. The summed E-state index contributed by atoms with van der Waals surface area (Å²) < 4.78 is 0. The van der Waals surface area contributed by atoms with Crippen molar-refractivity contribution in [1.29, 1.82) is 0 Å². The summed E-state index contributed by atoms with van der Waals surface area (Å²) in [6, 6.07) is 12.8. The maximum atomic E-state index is 12.7. The lowest BCUT2D eigenvalue weighted by Crippen LogP contribution is -2.48. The van der Waals surface area contributed by atoms with Gasteiger partial charge < -0.3 is 10.6 Å². The fourth-order valence-electron chi connectivity index (χ4n) is 3.91. The van der Waals surface area contributed by atoms with Crippen molar-refractivity contribution in [1.82, 2.24) is 15.5 Å². The van der Waals surface area contributed by atoms with Gasteiger partial charge in [0.15, 0.2) is 0 Å². The van der Waals surface area contributed by atoms with Crippen LogP contribution in [0.25, 0.3) is 11.1 Å². The van der Waals surface area contributed by atoms with Crippen LogP contribution in [0.15, 0.2) is 42.5 Å². The molecule has 2 aromatic rings. The number of likely N-dealkylation sites (tertiary alicyclic amines) is 1. The number of nitrogens with zero attached hydrogens (tertiary/aromatic N) is 1. The van der Waals surface area contributed by atoms with Crippen molar-refractivity contribution < 1.29 is 9.59 Å². The highest BCUT2D eigenvalue weighted by atomic mass is 35.5. The molecule has 172 valence electrons. The zero-order chi connectivity index (χ0) is 23.3. The van der Waals surface area contributed by atoms with Gasteiger partial charge in [0.2, 0.25) is 5.91 Å². The molecule has 2 amide bonds. The molecule has 0 bridgehead atoms. The van der Waals surface area contributed by atoms with Gasteiger partial charge in [-0.3, -0.25) is 14.5 Å². The summed E-state index contributed by atoms with van der Waals surface area (Å²) in [4.78, 5) is 27.0. The quantitative estimate of drug-likeness (QED) is 0.616. The van der Waals surface area contributed by atoms with E-state index in [0.29, 0.717) is 34.6 Å². The summed E-state index contributed by atoms with van der Waals surface area (Å²) in [5.74, 6) is 0.382. The largest absolute Gasteiger partial charge is 0.352 e. The van der Waals surface area contributed by atoms with Crippen molar-refractivity contribution in [2.24, 2.45) is 5.92 Å². The van der Waals surface area contributed by atoms with E-state index in [-0.39, 0.29) is 17.4 Å². The van der Waals surface area contributed by atoms with Crippen LogP contribution in [-0.2, 0) is 4.79 Å². The Morgan fingerprint density at radius 2 is 1.66 bits per heavy atom. The minimum atomic E-state index is -0.212. The van der Waals surface area contributed by atoms with Gasteiger partial charge in [0.05, 0.1) is 6.54 Å². The van der Waals surface area contributed by atoms with Crippen molar-refractivity contribution in [2.75, 3.05) is 26.2 Å². The van der Waals surface area contributed by atoms with Crippen molar-refractivity contribution in [3.8, 4) is 11.1 Å². The normalized spacial score (nSPS) is 15.4. The Bertz CT molecular complexity index is 944. The number of hydrogen-bond acceptors (Lipinski definition) is 3. The van der Waals surface area contributed by atoms with E-state index < -0.39 is 0 Å². The van der Waals surface area contributed by atoms with Crippen LogP contribution in [-0.4, -0.2) is 48.4 Å². The van der Waals surface area contributed by atoms with Crippen molar-refractivity contribution in [3.05, 3.63) is 58.1 Å². The Hall–Kier alpha value is -2.08. The lowest BCUT2D eigenvalue weighted by molar-refractivity contribution is -0.124. The first kappa shape index (κ1) is 24.6. The van der Waals surface area contributed by atoms with Gasteiger partial charge >= 0.3 is 0 Å². The van der Waals surface area contributed by atoms with Crippen LogP contribution in [0.4, 0.5) is 0 Å². The summed E-state index contributed by atoms with van der Waals surface area (Å²) >= 11 is 12.2. The third kappa shape index (κ3) is 7.51. The number of piperidine rings is 1. The predicted molar refractivity (Wildman–Crippen MR) is 131 cm³/mol. The molecule has 1 fully saturated rings. The Balaban J connectivity index is 1.49. The molecular formula is C25H31Cl2N3O2. The van der Waals surface area contributed by atoms with Gasteiger partial charge in [0.25, 0.3) is 5.91 Å². The van der Waals surface area contributed by atoms with Gasteiger partial charge in [-0.05, 0) is 94.1 Å². The highest BCUT2D eigenvalue weighted by Gasteiger charge is 2.23. The first-order valence-corrected chi connectivity index (χ1v) is 11.7. The fraction of sp³-hybridized carbons (Fsp3) is 0.440. The summed E-state index contributed by atoms with van der Waals surface area (Å²) in [6.07, 6.45) is 1.92. The lowest BCUT2D eigenvalue weighted by Gasteiger charge is -2.32. The maximum absolute atomic E-state index is 12.7. The fourth-order valence-corrected chi connectivity index (χ4v) is 4.44. The van der Waals surface area contributed by atoms with Crippen LogP contribution >= 0.6 is 23.2 Å². The highest BCUT2D eigenvalue weighted by molar-refractivity contribution is 6.35. The SMILES string of the molecule is CC(C)(C)NC(=O)CN1CCC(CNC(=O)c2cccc(-c3cc(Cl)cc(Cl)c3)c2)CC1. The van der Waals surface area contributed by atoms with E-state index in [2.05, 4.69) is 15.5 Å². The van der Waals surface area contributed by atoms with Gasteiger partial charge in [-0.25, -0.2) is 0 Å². The first-order chi connectivity index (χ1) is 15.1. The molecule has 1 heterocycles. The molecule has 3 rings (SSSR count). The van der Waals surface area contributed by atoms with E-state index in [9.17, 15) is 9.59 Å². The average molecular weight is 476 g/mol. The third-order valence-corrected chi connectivity index (χ3v) is 5.90. The number of carbonyl (C=O) groups excluding carboxylic acids is 2. The number of rotatable bonds is 6. The van der Waals surface area contributed by atoms with E-state index in [1.165, 1.54) is 0 Å². The second kappa shape index (κ2) is 10.7. The molecule has 0 saturated carbocycles. The number of hydrogen-bond donors (Lipinski definition) is 2. The van der Waals surface area contributed by atoms with Crippen molar-refractivity contribution in [2.45, 2.75) is 39.2 Å². The molecule has 1 aliphatic rings. The molecule has 0 aromatic heterocycles. The maximum Gasteiger partial charge on any atom is 0.251 e. The van der Waals surface area contributed by atoms with Gasteiger partial charge in [-0.2, -0.15) is 0 Å². The van der Waals surface area contributed by atoms with Crippen LogP contribution in [0.1, 0.15) is 44.0 Å². The molecule has 32 heavy (non-hydrogen) atoms. The highest BCUT2D eigenvalue weighted by Crippen LogP contribution is 2.28. The summed E-state index contributed by atoms with van der Waals surface area (Å²) in [5.41, 5.74) is 2.16. The standard InChI is InChI=1S/C25H31Cl2N3O2/c1-25(2,3)29-23(31)16-30-9-7-17(8-10-30)15-28-24(32)19-6-4-5-18(11-19)20-12-21(26)14-22(27)13-20/h4-6,11-14,17H,7-10,15-16H2,1-3H3,(H,28,32)(H,29,31). The van der Waals surface area contributed by atoms with E-state index >= 15 is 0 Å². The summed E-state index contributed by atoms with van der Waals surface area (Å²) in [7, 11) is 0. The molecule has 0 unspecified atom stereocenters. The Kier molecular flexibility index (Phi) is 8.21. The van der Waals surface area contributed by atoms with E-state index in [4.69, 9.17) is 23.2 Å². The van der Waals surface area contributed by atoms with Crippen molar-refractivity contribution in [3.63, 3.8) is 0 Å². The molecule has 0 spiro atoms. The van der Waals surface area contributed by atoms with Crippen LogP contribution in [0.2, 0.25) is 10.0 Å². The first-order valence-electron chi connectivity index (χ1n) is 11.0. The zero-order valence-corrected chi connectivity index (χ0v) is 20.4. The predicted octanol–water partition coefficient (Wildman–Crippen LogP) is 5.02. The molecule has 0 aliphatic carbocycles. The molecule has 2 N–H and O–H groups in total. The van der Waals surface area contributed by atoms with Crippen LogP contribution in [0.3, 0.4) is 0 Å². The van der Waals surface area contributed by atoms with Crippen LogP contribution in [0.5, 0.6) is 0 Å². The van der Waals surface area contributed by atoms with E-state index in [1.54, 1.807) is 12.1 Å². The number of halogens is 2.